The van der Waals surface area contributed by atoms with E-state index in [9.17, 15) is 5.11 Å². The molecule has 1 aliphatic carbocycles. The number of halogens is 1. The van der Waals surface area contributed by atoms with E-state index in [0.717, 1.165) is 63.6 Å². The molecule has 1 heterocycles. The van der Waals surface area contributed by atoms with Crippen LogP contribution in [0.5, 0.6) is 0 Å². The van der Waals surface area contributed by atoms with Crippen LogP contribution in [0.2, 0.25) is 0 Å². The van der Waals surface area contributed by atoms with Crippen molar-refractivity contribution in [2.75, 3.05) is 31.9 Å². The molecule has 1 aromatic carbocycles. The van der Waals surface area contributed by atoms with Crippen LogP contribution in [0.25, 0.3) is 0 Å². The number of likely N-dealkylation sites (tertiary alicyclic amines) is 1. The number of rotatable bonds is 8. The molecule has 2 unspecified atom stereocenters. The number of benzene rings is 1. The highest BCUT2D eigenvalue weighted by Crippen LogP contribution is 2.41. The third-order valence-electron chi connectivity index (χ3n) is 5.84. The number of guanidine groups is 1. The Morgan fingerprint density at radius 1 is 1.21 bits per heavy atom. The molecule has 164 valence electrons. The fourth-order valence-electron chi connectivity index (χ4n) is 4.02. The molecule has 2 atom stereocenters. The van der Waals surface area contributed by atoms with Crippen molar-refractivity contribution < 1.29 is 5.11 Å². The van der Waals surface area contributed by atoms with Gasteiger partial charge in [0.2, 0.25) is 0 Å². The van der Waals surface area contributed by atoms with Crippen LogP contribution in [0.4, 0.5) is 0 Å². The Kier molecular flexibility index (Phi) is 10.6. The first-order chi connectivity index (χ1) is 13.6. The summed E-state index contributed by atoms with van der Waals surface area (Å²) >= 11 is 1.86. The molecule has 1 saturated heterocycles. The summed E-state index contributed by atoms with van der Waals surface area (Å²) in [4.78, 5) is 7.27. The first-order valence-corrected chi connectivity index (χ1v) is 11.8. The standard InChI is InChI=1S/C22H36N4OS.HI/c1-3-23-21(24-17-22(27)13-10-20(22)28-4-2)25-19-11-14-26(15-12-19)16-18-8-6-5-7-9-18;/h5-9,19-20,27H,3-4,10-17H2,1-2H3,(H2,23,24,25);1H. The van der Waals surface area contributed by atoms with Gasteiger partial charge in [0.05, 0.1) is 12.1 Å². The third kappa shape index (κ3) is 7.29. The zero-order valence-electron chi connectivity index (χ0n) is 17.8. The molecule has 1 aliphatic heterocycles. The van der Waals surface area contributed by atoms with Gasteiger partial charge in [0.1, 0.15) is 0 Å². The summed E-state index contributed by atoms with van der Waals surface area (Å²) in [6, 6.07) is 11.2. The number of thioether (sulfide) groups is 1. The van der Waals surface area contributed by atoms with E-state index in [4.69, 9.17) is 4.99 Å². The van der Waals surface area contributed by atoms with Crippen LogP contribution in [-0.4, -0.2) is 64.8 Å². The molecule has 5 nitrogen and oxygen atoms in total. The maximum absolute atomic E-state index is 10.8. The van der Waals surface area contributed by atoms with Crippen LogP contribution in [-0.2, 0) is 6.54 Å². The lowest BCUT2D eigenvalue weighted by Gasteiger charge is -2.44. The smallest absolute Gasteiger partial charge is 0.191 e. The number of aliphatic imine (C=N–C) groups is 1. The van der Waals surface area contributed by atoms with Gasteiger partial charge >= 0.3 is 0 Å². The molecule has 0 spiro atoms. The molecule has 0 radical (unpaired) electrons. The van der Waals surface area contributed by atoms with Gasteiger partial charge in [-0.3, -0.25) is 9.89 Å². The van der Waals surface area contributed by atoms with Crippen molar-refractivity contribution in [1.29, 1.82) is 0 Å². The van der Waals surface area contributed by atoms with Crippen molar-refractivity contribution in [3.63, 3.8) is 0 Å². The SMILES string of the molecule is CCNC(=NCC1(O)CCC1SCC)NC1CCN(Cc2ccccc2)CC1.I. The van der Waals surface area contributed by atoms with Crippen molar-refractivity contribution in [3.05, 3.63) is 35.9 Å². The monoisotopic (exact) mass is 532 g/mol. The molecular weight excluding hydrogens is 495 g/mol. The fraction of sp³-hybridized carbons (Fsp3) is 0.682. The van der Waals surface area contributed by atoms with Gasteiger partial charge in [-0.1, -0.05) is 37.3 Å². The highest BCUT2D eigenvalue weighted by atomic mass is 127. The molecule has 29 heavy (non-hydrogen) atoms. The maximum atomic E-state index is 10.8. The third-order valence-corrected chi connectivity index (χ3v) is 7.25. The maximum Gasteiger partial charge on any atom is 0.191 e. The summed E-state index contributed by atoms with van der Waals surface area (Å²) < 4.78 is 0. The molecule has 3 N–H and O–H groups in total. The molecule has 1 aromatic rings. The first-order valence-electron chi connectivity index (χ1n) is 10.8. The number of hydrogen-bond donors (Lipinski definition) is 3. The van der Waals surface area contributed by atoms with E-state index in [1.165, 1.54) is 5.56 Å². The Morgan fingerprint density at radius 2 is 1.93 bits per heavy atom. The van der Waals surface area contributed by atoms with E-state index in [-0.39, 0.29) is 24.0 Å². The van der Waals surface area contributed by atoms with Gasteiger partial charge in [0.15, 0.2) is 5.96 Å². The van der Waals surface area contributed by atoms with E-state index < -0.39 is 5.60 Å². The molecular formula is C22H37IN4OS. The number of piperidine rings is 1. The average molecular weight is 533 g/mol. The van der Waals surface area contributed by atoms with Crippen LogP contribution >= 0.6 is 35.7 Å². The van der Waals surface area contributed by atoms with Gasteiger partial charge in [-0.25, -0.2) is 0 Å². The minimum absolute atomic E-state index is 0. The summed E-state index contributed by atoms with van der Waals surface area (Å²) in [7, 11) is 0. The molecule has 1 saturated carbocycles. The fourth-order valence-corrected chi connectivity index (χ4v) is 5.21. The Balaban J connectivity index is 0.00000300. The largest absolute Gasteiger partial charge is 0.387 e. The van der Waals surface area contributed by atoms with Gasteiger partial charge in [-0.15, -0.1) is 24.0 Å². The second-order valence-corrected chi connectivity index (χ2v) is 9.44. The van der Waals surface area contributed by atoms with Gasteiger partial charge in [0, 0.05) is 37.5 Å². The van der Waals surface area contributed by atoms with E-state index in [1.807, 2.05) is 11.8 Å². The van der Waals surface area contributed by atoms with Crippen molar-refractivity contribution in [1.82, 2.24) is 15.5 Å². The van der Waals surface area contributed by atoms with Crippen LogP contribution in [0.1, 0.15) is 45.1 Å². The zero-order chi connectivity index (χ0) is 19.8. The van der Waals surface area contributed by atoms with Crippen LogP contribution in [0.15, 0.2) is 35.3 Å². The average Bonchev–Trinajstić information content (AvgIpc) is 2.71. The molecule has 0 amide bonds. The van der Waals surface area contributed by atoms with Crippen molar-refractivity contribution in [2.45, 2.75) is 63.0 Å². The van der Waals surface area contributed by atoms with Gasteiger partial charge in [0.25, 0.3) is 0 Å². The highest BCUT2D eigenvalue weighted by Gasteiger charge is 2.45. The summed E-state index contributed by atoms with van der Waals surface area (Å²) in [5, 5.41) is 18.1. The second kappa shape index (κ2) is 12.4. The summed E-state index contributed by atoms with van der Waals surface area (Å²) in [6.07, 6.45) is 4.21. The highest BCUT2D eigenvalue weighted by molar-refractivity contribution is 14.0. The molecule has 2 fully saturated rings. The number of nitrogens with zero attached hydrogens (tertiary/aromatic N) is 2. The zero-order valence-corrected chi connectivity index (χ0v) is 20.9. The normalized spacial score (nSPS) is 25.8. The van der Waals surface area contributed by atoms with Crippen LogP contribution in [0, 0.1) is 0 Å². The van der Waals surface area contributed by atoms with Crippen LogP contribution < -0.4 is 10.6 Å². The van der Waals surface area contributed by atoms with Crippen molar-refractivity contribution in [2.24, 2.45) is 4.99 Å². The molecule has 7 heteroatoms. The predicted octanol–water partition coefficient (Wildman–Crippen LogP) is 3.47. The van der Waals surface area contributed by atoms with E-state index in [2.05, 4.69) is 59.7 Å². The Hall–Kier alpha value is -0.510. The summed E-state index contributed by atoms with van der Waals surface area (Å²) in [5.74, 6) is 1.90. The number of hydrogen-bond acceptors (Lipinski definition) is 4. The topological polar surface area (TPSA) is 59.9 Å². The molecule has 3 rings (SSSR count). The number of nitrogens with one attached hydrogen (secondary N) is 2. The van der Waals surface area contributed by atoms with Gasteiger partial charge in [-0.2, -0.15) is 11.8 Å². The van der Waals surface area contributed by atoms with E-state index >= 15 is 0 Å². The number of aliphatic hydroxyl groups is 1. The van der Waals surface area contributed by atoms with E-state index in [0.29, 0.717) is 17.8 Å². The van der Waals surface area contributed by atoms with Crippen LogP contribution in [0.3, 0.4) is 0 Å². The lowest BCUT2D eigenvalue weighted by Crippen LogP contribution is -2.54. The Bertz CT molecular complexity index is 624. The van der Waals surface area contributed by atoms with Gasteiger partial charge < -0.3 is 15.7 Å². The summed E-state index contributed by atoms with van der Waals surface area (Å²) in [6.45, 7) is 8.81. The van der Waals surface area contributed by atoms with E-state index in [1.54, 1.807) is 0 Å². The lowest BCUT2D eigenvalue weighted by molar-refractivity contribution is -0.0155. The Morgan fingerprint density at radius 3 is 2.52 bits per heavy atom. The Labute approximate surface area is 197 Å². The first kappa shape index (κ1) is 24.8. The van der Waals surface area contributed by atoms with Gasteiger partial charge in [-0.05, 0) is 43.9 Å². The quantitative estimate of drug-likeness (QED) is 0.272. The minimum Gasteiger partial charge on any atom is -0.387 e. The molecule has 2 aliphatic rings. The lowest BCUT2D eigenvalue weighted by atomic mass is 9.79. The predicted molar refractivity (Wildman–Crippen MR) is 135 cm³/mol. The molecule has 0 bridgehead atoms. The second-order valence-electron chi connectivity index (χ2n) is 7.96. The van der Waals surface area contributed by atoms with Crippen molar-refractivity contribution in [3.8, 4) is 0 Å². The molecule has 0 aromatic heterocycles. The summed E-state index contributed by atoms with van der Waals surface area (Å²) in [5.41, 5.74) is 0.763. The minimum atomic E-state index is -0.623. The van der Waals surface area contributed by atoms with Crippen molar-refractivity contribution >= 4 is 41.7 Å².